The molecule has 11 heavy (non-hydrogen) atoms. The summed E-state index contributed by atoms with van der Waals surface area (Å²) in [7, 11) is 0. The SMILES string of the molecule is O=C(O)CS.O=C(O)CS.[Fe]. The maximum absolute atomic E-state index is 9.29. The molecular formula is C4H8FeO4S2. The Morgan fingerprint density at radius 3 is 1.09 bits per heavy atom. The van der Waals surface area contributed by atoms with Crippen molar-refractivity contribution in [1.29, 1.82) is 0 Å². The zero-order chi connectivity index (χ0) is 8.57. The van der Waals surface area contributed by atoms with Gasteiger partial charge in [0, 0.05) is 17.1 Å². The fourth-order valence-electron chi connectivity index (χ4n) is 0. The maximum atomic E-state index is 9.29. The van der Waals surface area contributed by atoms with E-state index in [9.17, 15) is 9.59 Å². The van der Waals surface area contributed by atoms with Gasteiger partial charge in [0.25, 0.3) is 0 Å². The zero-order valence-corrected chi connectivity index (χ0v) is 8.27. The molecule has 0 spiro atoms. The van der Waals surface area contributed by atoms with E-state index >= 15 is 0 Å². The molecule has 0 aromatic carbocycles. The van der Waals surface area contributed by atoms with E-state index in [2.05, 4.69) is 25.3 Å². The van der Waals surface area contributed by atoms with Crippen LogP contribution in [-0.4, -0.2) is 33.7 Å². The third-order valence-electron chi connectivity index (χ3n) is 0.271. The molecule has 4 nitrogen and oxygen atoms in total. The zero-order valence-electron chi connectivity index (χ0n) is 5.37. The minimum Gasteiger partial charge on any atom is -0.481 e. The van der Waals surface area contributed by atoms with Gasteiger partial charge in [0.15, 0.2) is 0 Å². The van der Waals surface area contributed by atoms with Crippen LogP contribution in [0.4, 0.5) is 0 Å². The van der Waals surface area contributed by atoms with Crippen molar-refractivity contribution >= 4 is 37.2 Å². The Bertz CT molecular complexity index is 105. The van der Waals surface area contributed by atoms with Gasteiger partial charge in [-0.05, 0) is 0 Å². The number of carbonyl (C=O) groups is 2. The van der Waals surface area contributed by atoms with E-state index in [1.54, 1.807) is 0 Å². The summed E-state index contributed by atoms with van der Waals surface area (Å²) in [4.78, 5) is 18.6. The van der Waals surface area contributed by atoms with E-state index in [4.69, 9.17) is 10.2 Å². The molecule has 2 N–H and O–H groups in total. The van der Waals surface area contributed by atoms with Crippen LogP contribution in [0.3, 0.4) is 0 Å². The van der Waals surface area contributed by atoms with E-state index in [1.807, 2.05) is 0 Å². The summed E-state index contributed by atoms with van der Waals surface area (Å²) in [6.07, 6.45) is 0. The van der Waals surface area contributed by atoms with Gasteiger partial charge in [0.1, 0.15) is 0 Å². The largest absolute Gasteiger partial charge is 0.481 e. The molecule has 0 aromatic heterocycles. The minimum atomic E-state index is -0.881. The Kier molecular flexibility index (Phi) is 20.1. The van der Waals surface area contributed by atoms with Crippen molar-refractivity contribution in [3.05, 3.63) is 0 Å². The summed E-state index contributed by atoms with van der Waals surface area (Å²) in [5.41, 5.74) is 0. The second kappa shape index (κ2) is 12.8. The molecule has 7 heteroatoms. The first kappa shape index (κ1) is 17.3. The Balaban J connectivity index is -0.000000107. The number of aliphatic carboxylic acids is 2. The van der Waals surface area contributed by atoms with Crippen LogP contribution in [0.1, 0.15) is 0 Å². The molecule has 0 saturated heterocycles. The standard InChI is InChI=1S/2C2H4O2S.Fe/c2*3-2(4)1-5;/h2*5H,1H2,(H,3,4);. The first-order valence-electron chi connectivity index (χ1n) is 2.20. The smallest absolute Gasteiger partial charge is 0.313 e. The molecule has 0 atom stereocenters. The van der Waals surface area contributed by atoms with Crippen LogP contribution in [0.2, 0.25) is 0 Å². The van der Waals surface area contributed by atoms with E-state index in [1.165, 1.54) is 0 Å². The molecule has 0 unspecified atom stereocenters. The van der Waals surface area contributed by atoms with Gasteiger partial charge < -0.3 is 10.2 Å². The van der Waals surface area contributed by atoms with Gasteiger partial charge in [0.2, 0.25) is 0 Å². The number of hydrogen-bond donors (Lipinski definition) is 4. The van der Waals surface area contributed by atoms with Crippen LogP contribution in [0.5, 0.6) is 0 Å². The number of carboxylic acids is 2. The van der Waals surface area contributed by atoms with Crippen molar-refractivity contribution in [2.75, 3.05) is 11.5 Å². The summed E-state index contributed by atoms with van der Waals surface area (Å²) in [5, 5.41) is 15.3. The number of rotatable bonds is 2. The number of carboxylic acid groups (broad SMARTS) is 2. The third-order valence-corrected chi connectivity index (χ3v) is 0.812. The molecule has 68 valence electrons. The molecule has 0 aliphatic carbocycles. The fraction of sp³-hybridized carbons (Fsp3) is 0.500. The molecule has 0 bridgehead atoms. The van der Waals surface area contributed by atoms with Crippen molar-refractivity contribution in [2.45, 2.75) is 0 Å². The molecule has 0 aromatic rings. The topological polar surface area (TPSA) is 74.6 Å². The van der Waals surface area contributed by atoms with Gasteiger partial charge in [-0.2, -0.15) is 25.3 Å². The Labute approximate surface area is 85.7 Å². The molecule has 0 fully saturated rings. The monoisotopic (exact) mass is 240 g/mol. The van der Waals surface area contributed by atoms with E-state index < -0.39 is 11.9 Å². The van der Waals surface area contributed by atoms with E-state index in [-0.39, 0.29) is 28.6 Å². The summed E-state index contributed by atoms with van der Waals surface area (Å²) in [5.74, 6) is -1.93. The third kappa shape index (κ3) is 39.1. The van der Waals surface area contributed by atoms with Crippen LogP contribution >= 0.6 is 25.3 Å². The summed E-state index contributed by atoms with van der Waals surface area (Å²) in [6.45, 7) is 0. The molecule has 0 aliphatic heterocycles. The van der Waals surface area contributed by atoms with Gasteiger partial charge in [-0.15, -0.1) is 0 Å². The quantitative estimate of drug-likeness (QED) is 0.405. The van der Waals surface area contributed by atoms with E-state index in [0.29, 0.717) is 0 Å². The number of hydrogen-bond acceptors (Lipinski definition) is 4. The number of thiol groups is 2. The van der Waals surface area contributed by atoms with Crippen molar-refractivity contribution in [3.8, 4) is 0 Å². The van der Waals surface area contributed by atoms with Crippen molar-refractivity contribution in [1.82, 2.24) is 0 Å². The van der Waals surface area contributed by atoms with E-state index in [0.717, 1.165) is 0 Å². The van der Waals surface area contributed by atoms with Gasteiger partial charge in [0.05, 0.1) is 11.5 Å². The van der Waals surface area contributed by atoms with Crippen molar-refractivity contribution in [3.63, 3.8) is 0 Å². The molecule has 0 aliphatic rings. The Hall–Kier alpha value is 0.159. The maximum Gasteiger partial charge on any atom is 0.313 e. The molecule has 0 radical (unpaired) electrons. The molecule has 0 rings (SSSR count). The van der Waals surface area contributed by atoms with Crippen LogP contribution < -0.4 is 0 Å². The second-order valence-corrected chi connectivity index (χ2v) is 1.74. The van der Waals surface area contributed by atoms with Crippen LogP contribution in [0.25, 0.3) is 0 Å². The van der Waals surface area contributed by atoms with Gasteiger partial charge in [-0.3, -0.25) is 9.59 Å². The summed E-state index contributed by atoms with van der Waals surface area (Å²) >= 11 is 6.83. The molecular weight excluding hydrogens is 232 g/mol. The predicted molar refractivity (Wildman–Crippen MR) is 43.0 cm³/mol. The molecule has 0 saturated carbocycles. The normalized spacial score (nSPS) is 6.73. The second-order valence-electron chi connectivity index (χ2n) is 1.10. The van der Waals surface area contributed by atoms with Gasteiger partial charge in [-0.25, -0.2) is 0 Å². The van der Waals surface area contributed by atoms with Crippen molar-refractivity contribution in [2.24, 2.45) is 0 Å². The van der Waals surface area contributed by atoms with Crippen LogP contribution in [-0.2, 0) is 26.7 Å². The van der Waals surface area contributed by atoms with Crippen LogP contribution in [0.15, 0.2) is 0 Å². The first-order chi connectivity index (χ1) is 4.54. The predicted octanol–water partition coefficient (Wildman–Crippen LogP) is -0.000900. The van der Waals surface area contributed by atoms with Gasteiger partial charge in [-0.1, -0.05) is 0 Å². The van der Waals surface area contributed by atoms with Crippen molar-refractivity contribution < 1.29 is 36.9 Å². The minimum absolute atomic E-state index is 0. The average molecular weight is 240 g/mol. The molecule has 0 amide bonds. The summed E-state index contributed by atoms with van der Waals surface area (Å²) in [6, 6.07) is 0. The average Bonchev–Trinajstić information content (AvgIpc) is 1.89. The Morgan fingerprint density at radius 2 is 1.09 bits per heavy atom. The Morgan fingerprint density at radius 1 is 1.00 bits per heavy atom. The first-order valence-corrected chi connectivity index (χ1v) is 3.46. The molecule has 0 heterocycles. The van der Waals surface area contributed by atoms with Crippen LogP contribution in [0, 0.1) is 0 Å². The van der Waals surface area contributed by atoms with Gasteiger partial charge >= 0.3 is 11.9 Å². The fourth-order valence-corrected chi connectivity index (χ4v) is 0. The summed E-state index contributed by atoms with van der Waals surface area (Å²) < 4.78 is 0.